The van der Waals surface area contributed by atoms with Crippen molar-refractivity contribution < 1.29 is 9.59 Å². The van der Waals surface area contributed by atoms with E-state index >= 15 is 0 Å². The molecule has 0 bridgehead atoms. The van der Waals surface area contributed by atoms with E-state index < -0.39 is 0 Å². The van der Waals surface area contributed by atoms with Gasteiger partial charge in [-0.05, 0) is 47.5 Å². The van der Waals surface area contributed by atoms with Gasteiger partial charge in [0.05, 0.1) is 17.8 Å². The molecule has 0 aromatic heterocycles. The molecule has 4 nitrogen and oxygen atoms in total. The molecule has 0 fully saturated rings. The Morgan fingerprint density at radius 2 is 1.59 bits per heavy atom. The minimum Gasteiger partial charge on any atom is -0.348 e. The van der Waals surface area contributed by atoms with Crippen LogP contribution in [0.3, 0.4) is 0 Å². The molecular formula is C28H21ClN2O2S. The lowest BCUT2D eigenvalue weighted by Crippen LogP contribution is -2.31. The fourth-order valence-electron chi connectivity index (χ4n) is 3.90. The molecular weight excluding hydrogens is 464 g/mol. The number of halogens is 1. The summed E-state index contributed by atoms with van der Waals surface area (Å²) < 4.78 is 0. The van der Waals surface area contributed by atoms with Crippen molar-refractivity contribution in [2.45, 2.75) is 22.9 Å². The average Bonchev–Trinajstić information content (AvgIpc) is 2.98. The summed E-state index contributed by atoms with van der Waals surface area (Å²) in [5.74, 6) is -0.313. The highest BCUT2D eigenvalue weighted by atomic mass is 35.5. The van der Waals surface area contributed by atoms with E-state index in [-0.39, 0.29) is 11.8 Å². The Balaban J connectivity index is 1.51. The first-order valence-corrected chi connectivity index (χ1v) is 12.1. The van der Waals surface area contributed by atoms with Gasteiger partial charge in [0, 0.05) is 26.9 Å². The fourth-order valence-corrected chi connectivity index (χ4v) is 5.15. The third kappa shape index (κ3) is 4.58. The van der Waals surface area contributed by atoms with Gasteiger partial charge < -0.3 is 10.2 Å². The Labute approximate surface area is 207 Å². The minimum atomic E-state index is -0.191. The lowest BCUT2D eigenvalue weighted by Gasteiger charge is -2.24. The van der Waals surface area contributed by atoms with Gasteiger partial charge in [0.1, 0.15) is 0 Å². The van der Waals surface area contributed by atoms with Crippen LogP contribution < -0.4 is 10.2 Å². The van der Waals surface area contributed by atoms with Crippen LogP contribution in [-0.4, -0.2) is 11.8 Å². The Kier molecular flexibility index (Phi) is 6.39. The molecule has 168 valence electrons. The predicted octanol–water partition coefficient (Wildman–Crippen LogP) is 6.58. The van der Waals surface area contributed by atoms with E-state index in [9.17, 15) is 9.59 Å². The van der Waals surface area contributed by atoms with E-state index in [0.29, 0.717) is 34.9 Å². The molecule has 4 aromatic carbocycles. The van der Waals surface area contributed by atoms with E-state index in [4.69, 9.17) is 11.6 Å². The van der Waals surface area contributed by atoms with Crippen molar-refractivity contribution in [1.29, 1.82) is 0 Å². The van der Waals surface area contributed by atoms with Crippen LogP contribution in [0.5, 0.6) is 0 Å². The lowest BCUT2D eigenvalue weighted by molar-refractivity contribution is 0.0947. The van der Waals surface area contributed by atoms with Crippen molar-refractivity contribution in [3.63, 3.8) is 0 Å². The minimum absolute atomic E-state index is 0.122. The number of carbonyl (C=O) groups is 2. The molecule has 34 heavy (non-hydrogen) atoms. The van der Waals surface area contributed by atoms with Crippen LogP contribution in [0.2, 0.25) is 5.02 Å². The Hall–Kier alpha value is -3.54. The Morgan fingerprint density at radius 3 is 2.41 bits per heavy atom. The first-order chi connectivity index (χ1) is 16.6. The molecule has 1 N–H and O–H groups in total. The van der Waals surface area contributed by atoms with Gasteiger partial charge in [-0.1, -0.05) is 84.0 Å². The predicted molar refractivity (Wildman–Crippen MR) is 137 cm³/mol. The van der Waals surface area contributed by atoms with Gasteiger partial charge in [0.2, 0.25) is 0 Å². The maximum Gasteiger partial charge on any atom is 0.259 e. The van der Waals surface area contributed by atoms with Crippen LogP contribution in [0.1, 0.15) is 31.8 Å². The molecule has 0 radical (unpaired) electrons. The van der Waals surface area contributed by atoms with Crippen LogP contribution in [0.25, 0.3) is 0 Å². The number of amides is 2. The largest absolute Gasteiger partial charge is 0.348 e. The summed E-state index contributed by atoms with van der Waals surface area (Å²) >= 11 is 7.96. The van der Waals surface area contributed by atoms with E-state index in [2.05, 4.69) is 5.32 Å². The molecule has 1 heterocycles. The smallest absolute Gasteiger partial charge is 0.259 e. The normalized spacial score (nSPS) is 12.5. The maximum atomic E-state index is 13.7. The number of hydrogen-bond acceptors (Lipinski definition) is 3. The third-order valence-corrected chi connectivity index (χ3v) is 7.19. The Bertz CT molecular complexity index is 1370. The molecule has 0 saturated heterocycles. The monoisotopic (exact) mass is 484 g/mol. The number of nitrogens with zero attached hydrogens (tertiary/aromatic N) is 1. The van der Waals surface area contributed by atoms with Crippen LogP contribution in [-0.2, 0) is 13.1 Å². The highest BCUT2D eigenvalue weighted by molar-refractivity contribution is 7.99. The first kappa shape index (κ1) is 22.3. The van der Waals surface area contributed by atoms with Crippen LogP contribution in [0.4, 0.5) is 5.69 Å². The molecule has 0 atom stereocenters. The Morgan fingerprint density at radius 1 is 0.853 bits per heavy atom. The SMILES string of the molecule is O=C(NCc1ccccc1)c1ccc2c(c1)N(Cc1ccccc1Cl)C(=O)c1ccccc1S2. The van der Waals surface area contributed by atoms with Crippen molar-refractivity contribution in [2.75, 3.05) is 4.90 Å². The fraction of sp³-hybridized carbons (Fsp3) is 0.0714. The number of rotatable bonds is 5. The zero-order valence-corrected chi connectivity index (χ0v) is 19.8. The quantitative estimate of drug-likeness (QED) is 0.348. The standard InChI is InChI=1S/C28H21ClN2O2S/c29-23-12-6-4-10-21(23)18-31-24-16-20(27(32)30-17-19-8-2-1-3-9-19)14-15-26(24)34-25-13-7-5-11-22(25)28(31)33/h1-16H,17-18H2,(H,30,32). The van der Waals surface area contributed by atoms with Crippen molar-refractivity contribution in [1.82, 2.24) is 5.32 Å². The molecule has 1 aliphatic rings. The van der Waals surface area contributed by atoms with Gasteiger partial charge >= 0.3 is 0 Å². The zero-order chi connectivity index (χ0) is 23.5. The second-order valence-corrected chi connectivity index (χ2v) is 9.42. The number of hydrogen-bond donors (Lipinski definition) is 1. The van der Waals surface area contributed by atoms with E-state index in [1.165, 1.54) is 11.8 Å². The van der Waals surface area contributed by atoms with Gasteiger partial charge in [-0.3, -0.25) is 9.59 Å². The molecule has 2 amide bonds. The number of nitrogens with one attached hydrogen (secondary N) is 1. The zero-order valence-electron chi connectivity index (χ0n) is 18.2. The summed E-state index contributed by atoms with van der Waals surface area (Å²) in [5.41, 5.74) is 3.68. The highest BCUT2D eigenvalue weighted by Crippen LogP contribution is 2.42. The van der Waals surface area contributed by atoms with Crippen LogP contribution in [0.15, 0.2) is 107 Å². The van der Waals surface area contributed by atoms with Crippen molar-refractivity contribution in [3.05, 3.63) is 124 Å². The van der Waals surface area contributed by atoms with Gasteiger partial charge in [-0.25, -0.2) is 0 Å². The van der Waals surface area contributed by atoms with Crippen LogP contribution in [0, 0.1) is 0 Å². The lowest BCUT2D eigenvalue weighted by atomic mass is 10.1. The van der Waals surface area contributed by atoms with Gasteiger partial charge in [0.15, 0.2) is 0 Å². The van der Waals surface area contributed by atoms with Crippen LogP contribution >= 0.6 is 23.4 Å². The molecule has 0 saturated carbocycles. The summed E-state index contributed by atoms with van der Waals surface area (Å²) in [6.45, 7) is 0.731. The molecule has 6 heteroatoms. The highest BCUT2D eigenvalue weighted by Gasteiger charge is 2.28. The first-order valence-electron chi connectivity index (χ1n) is 10.9. The summed E-state index contributed by atoms with van der Waals surface area (Å²) in [5, 5.41) is 3.57. The van der Waals surface area contributed by atoms with Crippen molar-refractivity contribution >= 4 is 40.9 Å². The topological polar surface area (TPSA) is 49.4 Å². The van der Waals surface area contributed by atoms with Gasteiger partial charge in [-0.15, -0.1) is 0 Å². The van der Waals surface area contributed by atoms with Crippen molar-refractivity contribution in [3.8, 4) is 0 Å². The van der Waals surface area contributed by atoms with Crippen molar-refractivity contribution in [2.24, 2.45) is 0 Å². The summed E-state index contributed by atoms with van der Waals surface area (Å²) in [4.78, 5) is 30.1. The molecule has 0 aliphatic carbocycles. The molecule has 4 aromatic rings. The van der Waals surface area contributed by atoms with Gasteiger partial charge in [0.25, 0.3) is 11.8 Å². The summed E-state index contributed by atoms with van der Waals surface area (Å²) in [6, 6.07) is 30.3. The average molecular weight is 485 g/mol. The second-order valence-electron chi connectivity index (χ2n) is 7.93. The second kappa shape index (κ2) is 9.75. The van der Waals surface area contributed by atoms with E-state index in [1.807, 2.05) is 84.9 Å². The maximum absolute atomic E-state index is 13.7. The van der Waals surface area contributed by atoms with E-state index in [0.717, 1.165) is 20.9 Å². The molecule has 5 rings (SSSR count). The molecule has 1 aliphatic heterocycles. The number of fused-ring (bicyclic) bond motifs is 2. The summed E-state index contributed by atoms with van der Waals surface area (Å²) in [7, 11) is 0. The molecule has 0 spiro atoms. The molecule has 0 unspecified atom stereocenters. The van der Waals surface area contributed by atoms with E-state index in [1.54, 1.807) is 17.0 Å². The summed E-state index contributed by atoms with van der Waals surface area (Å²) in [6.07, 6.45) is 0. The number of anilines is 1. The van der Waals surface area contributed by atoms with Gasteiger partial charge in [-0.2, -0.15) is 0 Å². The third-order valence-electron chi connectivity index (χ3n) is 5.68. The number of benzene rings is 4. The number of carbonyl (C=O) groups excluding carboxylic acids is 2.